The maximum atomic E-state index is 5.47. The van der Waals surface area contributed by atoms with E-state index in [2.05, 4.69) is 0 Å². The molecule has 58 valence electrons. The van der Waals surface area contributed by atoms with Crippen molar-refractivity contribution in [2.24, 2.45) is 0 Å². The van der Waals surface area contributed by atoms with Gasteiger partial charge < -0.3 is 4.42 Å². The number of rotatable bonds is 1. The highest BCUT2D eigenvalue weighted by molar-refractivity contribution is 6.29. The normalized spacial score (nSPS) is 10.0. The summed E-state index contributed by atoms with van der Waals surface area (Å²) in [4.78, 5) is 0. The van der Waals surface area contributed by atoms with Crippen LogP contribution in [0.15, 0.2) is 46.9 Å². The molecule has 0 spiro atoms. The van der Waals surface area contributed by atoms with Gasteiger partial charge in [-0.2, -0.15) is 0 Å². The molecule has 2 aromatic rings. The quantitative estimate of drug-likeness (QED) is 0.565. The summed E-state index contributed by atoms with van der Waals surface area (Å²) in [6.07, 6.45) is 0. The molecule has 0 bridgehead atoms. The van der Waals surface area contributed by atoms with Crippen LogP contribution in [0.5, 0.6) is 0 Å². The molecular formula is C10H9BO. The van der Waals surface area contributed by atoms with Gasteiger partial charge in [-0.25, -0.2) is 0 Å². The van der Waals surface area contributed by atoms with E-state index in [0.29, 0.717) is 0 Å². The van der Waals surface area contributed by atoms with E-state index in [9.17, 15) is 0 Å². The molecule has 0 fully saturated rings. The van der Waals surface area contributed by atoms with Gasteiger partial charge >= 0.3 is 0 Å². The molecule has 0 saturated carbocycles. The first kappa shape index (κ1) is 7.23. The molecule has 0 aliphatic rings. The molecule has 0 atom stereocenters. The Balaban J connectivity index is 2.45. The molecule has 0 aliphatic heterocycles. The lowest BCUT2D eigenvalue weighted by atomic mass is 10.1. The third-order valence-corrected chi connectivity index (χ3v) is 1.80. The minimum absolute atomic E-state index is 0.938. The Bertz CT molecular complexity index is 364. The molecule has 0 amide bonds. The molecule has 0 N–H and O–H groups in total. The Morgan fingerprint density at radius 2 is 1.67 bits per heavy atom. The molecule has 1 aromatic heterocycles. The minimum atomic E-state index is 0.938. The number of benzene rings is 1. The van der Waals surface area contributed by atoms with E-state index in [1.807, 2.05) is 50.3 Å². The first-order chi connectivity index (χ1) is 5.86. The van der Waals surface area contributed by atoms with E-state index in [1.54, 1.807) is 0 Å². The van der Waals surface area contributed by atoms with Gasteiger partial charge in [-0.3, -0.25) is 0 Å². The summed E-state index contributed by atoms with van der Waals surface area (Å²) < 4.78 is 5.47. The van der Waals surface area contributed by atoms with Crippen LogP contribution in [-0.2, 0) is 0 Å². The smallest absolute Gasteiger partial charge is 0.186 e. The highest BCUT2D eigenvalue weighted by Crippen LogP contribution is 2.17. The Morgan fingerprint density at radius 3 is 2.25 bits per heavy atom. The van der Waals surface area contributed by atoms with Crippen molar-refractivity contribution in [2.45, 2.75) is 0 Å². The second-order valence-electron chi connectivity index (χ2n) is 2.78. The summed E-state index contributed by atoms with van der Waals surface area (Å²) in [5, 5.41) is 0. The summed E-state index contributed by atoms with van der Waals surface area (Å²) in [7, 11) is 1.95. The van der Waals surface area contributed by atoms with Crippen molar-refractivity contribution in [1.29, 1.82) is 0 Å². The van der Waals surface area contributed by atoms with Gasteiger partial charge in [0.15, 0.2) is 7.85 Å². The van der Waals surface area contributed by atoms with Crippen molar-refractivity contribution in [3.8, 4) is 11.3 Å². The van der Waals surface area contributed by atoms with Crippen molar-refractivity contribution < 1.29 is 4.42 Å². The van der Waals surface area contributed by atoms with Gasteiger partial charge in [-0.1, -0.05) is 30.3 Å². The van der Waals surface area contributed by atoms with E-state index < -0.39 is 0 Å². The summed E-state index contributed by atoms with van der Waals surface area (Å²) in [5.41, 5.74) is 2.08. The van der Waals surface area contributed by atoms with Gasteiger partial charge in [-0.05, 0) is 12.1 Å². The highest BCUT2D eigenvalue weighted by Gasteiger charge is 1.99. The average Bonchev–Trinajstić information content (AvgIpc) is 2.54. The van der Waals surface area contributed by atoms with Gasteiger partial charge in [0.1, 0.15) is 5.76 Å². The van der Waals surface area contributed by atoms with Gasteiger partial charge in [-0.15, -0.1) is 0 Å². The van der Waals surface area contributed by atoms with Crippen LogP contribution >= 0.6 is 0 Å². The van der Waals surface area contributed by atoms with Crippen LogP contribution in [-0.4, -0.2) is 7.85 Å². The molecule has 0 radical (unpaired) electrons. The van der Waals surface area contributed by atoms with Gasteiger partial charge in [0.25, 0.3) is 0 Å². The molecular weight excluding hydrogens is 147 g/mol. The number of hydrogen-bond acceptors (Lipinski definition) is 1. The fraction of sp³-hybridized carbons (Fsp3) is 0. The molecule has 12 heavy (non-hydrogen) atoms. The van der Waals surface area contributed by atoms with Crippen LogP contribution in [0.3, 0.4) is 0 Å². The second-order valence-corrected chi connectivity index (χ2v) is 2.78. The van der Waals surface area contributed by atoms with Crippen LogP contribution in [0.1, 0.15) is 0 Å². The molecule has 0 unspecified atom stereocenters. The third kappa shape index (κ3) is 1.28. The Labute approximate surface area is 72.4 Å². The lowest BCUT2D eigenvalue weighted by Gasteiger charge is -1.93. The minimum Gasteiger partial charge on any atom is -0.472 e. The van der Waals surface area contributed by atoms with Crippen molar-refractivity contribution in [3.63, 3.8) is 0 Å². The predicted octanol–water partition coefficient (Wildman–Crippen LogP) is 1.20. The van der Waals surface area contributed by atoms with Gasteiger partial charge in [0.2, 0.25) is 0 Å². The average molecular weight is 156 g/mol. The fourth-order valence-corrected chi connectivity index (χ4v) is 1.19. The van der Waals surface area contributed by atoms with Crippen LogP contribution in [0.4, 0.5) is 0 Å². The van der Waals surface area contributed by atoms with Crippen LogP contribution < -0.4 is 5.66 Å². The Hall–Kier alpha value is -1.44. The zero-order valence-corrected chi connectivity index (χ0v) is 6.95. The molecule has 1 heterocycles. The number of hydrogen-bond donors (Lipinski definition) is 0. The monoisotopic (exact) mass is 156 g/mol. The van der Waals surface area contributed by atoms with Crippen LogP contribution in [0, 0.1) is 0 Å². The molecule has 2 heteroatoms. The highest BCUT2D eigenvalue weighted by atomic mass is 16.3. The van der Waals surface area contributed by atoms with Gasteiger partial charge in [0.05, 0.1) is 5.66 Å². The first-order valence-corrected chi connectivity index (χ1v) is 3.98. The van der Waals surface area contributed by atoms with Gasteiger partial charge in [0, 0.05) is 5.56 Å². The van der Waals surface area contributed by atoms with E-state index in [1.165, 1.54) is 0 Å². The zero-order valence-electron chi connectivity index (χ0n) is 6.95. The largest absolute Gasteiger partial charge is 0.472 e. The van der Waals surface area contributed by atoms with E-state index in [4.69, 9.17) is 4.42 Å². The summed E-state index contributed by atoms with van der Waals surface area (Å²) in [5.74, 6) is 0.938. The summed E-state index contributed by atoms with van der Waals surface area (Å²) >= 11 is 0. The lowest BCUT2D eigenvalue weighted by molar-refractivity contribution is 0.617. The SMILES string of the molecule is Bc1ccc(-c2ccccc2)o1. The molecule has 2 rings (SSSR count). The molecule has 1 nitrogen and oxygen atoms in total. The molecule has 1 aromatic carbocycles. The summed E-state index contributed by atoms with van der Waals surface area (Å²) in [6, 6.07) is 14.1. The van der Waals surface area contributed by atoms with Crippen molar-refractivity contribution in [3.05, 3.63) is 42.5 Å². The molecule has 0 aliphatic carbocycles. The topological polar surface area (TPSA) is 13.1 Å². The lowest BCUT2D eigenvalue weighted by Crippen LogP contribution is -1.93. The fourth-order valence-electron chi connectivity index (χ4n) is 1.19. The Morgan fingerprint density at radius 1 is 0.917 bits per heavy atom. The van der Waals surface area contributed by atoms with Crippen molar-refractivity contribution in [2.75, 3.05) is 0 Å². The van der Waals surface area contributed by atoms with Crippen LogP contribution in [0.2, 0.25) is 0 Å². The first-order valence-electron chi connectivity index (χ1n) is 3.98. The van der Waals surface area contributed by atoms with E-state index >= 15 is 0 Å². The maximum Gasteiger partial charge on any atom is 0.186 e. The summed E-state index contributed by atoms with van der Waals surface area (Å²) in [6.45, 7) is 0. The number of furan rings is 1. The van der Waals surface area contributed by atoms with Crippen molar-refractivity contribution in [1.82, 2.24) is 0 Å². The van der Waals surface area contributed by atoms with E-state index in [0.717, 1.165) is 17.0 Å². The third-order valence-electron chi connectivity index (χ3n) is 1.80. The predicted molar refractivity (Wildman–Crippen MR) is 52.3 cm³/mol. The zero-order chi connectivity index (χ0) is 8.39. The van der Waals surface area contributed by atoms with Crippen LogP contribution in [0.25, 0.3) is 11.3 Å². The van der Waals surface area contributed by atoms with Crippen molar-refractivity contribution >= 4 is 13.5 Å². The van der Waals surface area contributed by atoms with E-state index in [-0.39, 0.29) is 0 Å². The molecule has 0 saturated heterocycles. The maximum absolute atomic E-state index is 5.47. The Kier molecular flexibility index (Phi) is 1.74. The second kappa shape index (κ2) is 2.90. The standard InChI is InChI=1S/C10H9BO/c11-10-7-6-9(12-10)8-4-2-1-3-5-8/h1-7H,11H2.